The molecule has 9 rings (SSSR count). The Bertz CT molecular complexity index is 2220. The fraction of sp³-hybridized carbons (Fsp3) is 0.220. The van der Waals surface area contributed by atoms with Crippen LogP contribution in [0.4, 0.5) is 0 Å². The van der Waals surface area contributed by atoms with Crippen LogP contribution in [0.3, 0.4) is 0 Å². The number of hydrogen-bond donors (Lipinski definition) is 0. The third-order valence-corrected chi connectivity index (χ3v) is 11.2. The average Bonchev–Trinajstić information content (AvgIpc) is 3.22. The van der Waals surface area contributed by atoms with E-state index in [1.807, 2.05) is 0 Å². The Hall–Kier alpha value is -5.47. The summed E-state index contributed by atoms with van der Waals surface area (Å²) in [6.07, 6.45) is 19.8. The molecule has 2 nitrogen and oxygen atoms in total. The molecule has 2 atom stereocenters. The number of benzene rings is 4. The lowest BCUT2D eigenvalue weighted by molar-refractivity contribution is 0.131. The molecule has 2 unspecified atom stereocenters. The predicted octanol–water partition coefficient (Wildman–Crippen LogP) is 13.3. The van der Waals surface area contributed by atoms with E-state index in [1.54, 1.807) is 0 Å². The summed E-state index contributed by atoms with van der Waals surface area (Å²) in [5, 5.41) is 0. The summed E-state index contributed by atoms with van der Waals surface area (Å²) in [6, 6.07) is 45.2. The zero-order valence-electron chi connectivity index (χ0n) is 29.8. The largest absolute Gasteiger partial charge is 0.485 e. The molecule has 2 heteroatoms. The first-order valence-corrected chi connectivity index (χ1v) is 19.2. The molecule has 1 aliphatic heterocycles. The molecule has 4 aliphatic rings. The van der Waals surface area contributed by atoms with Gasteiger partial charge in [0.2, 0.25) is 0 Å². The SMILES string of the molecule is C1=C(C=C2CCCc3c(-c4ccccc4)cc(-c4ccccc4)[o+]c32)CCCC1=CC1CCCC2=C(c3ccccc3)C=C(c3ccccc3)OC21. The quantitative estimate of drug-likeness (QED) is 0.167. The van der Waals surface area contributed by atoms with Crippen molar-refractivity contribution in [3.05, 3.63) is 191 Å². The first-order valence-electron chi connectivity index (χ1n) is 19.2. The lowest BCUT2D eigenvalue weighted by atomic mass is 9.76. The molecule has 1 fully saturated rings. The Kier molecular flexibility index (Phi) is 9.13. The fourth-order valence-electron chi connectivity index (χ4n) is 8.73. The lowest BCUT2D eigenvalue weighted by Gasteiger charge is -2.38. The van der Waals surface area contributed by atoms with Crippen LogP contribution in [0.15, 0.2) is 173 Å². The highest BCUT2D eigenvalue weighted by molar-refractivity contribution is 5.86. The highest BCUT2D eigenvalue weighted by Gasteiger charge is 2.36. The summed E-state index contributed by atoms with van der Waals surface area (Å²) >= 11 is 0. The normalized spacial score (nSPS) is 21.5. The van der Waals surface area contributed by atoms with Gasteiger partial charge in [0.1, 0.15) is 11.9 Å². The first-order chi connectivity index (χ1) is 25.8. The van der Waals surface area contributed by atoms with Crippen molar-refractivity contribution in [2.75, 3.05) is 0 Å². The van der Waals surface area contributed by atoms with E-state index in [2.05, 4.69) is 152 Å². The summed E-state index contributed by atoms with van der Waals surface area (Å²) in [4.78, 5) is 0. The second kappa shape index (κ2) is 14.6. The molecule has 0 radical (unpaired) electrons. The van der Waals surface area contributed by atoms with Gasteiger partial charge in [0, 0.05) is 17.0 Å². The fourth-order valence-corrected chi connectivity index (χ4v) is 8.73. The summed E-state index contributed by atoms with van der Waals surface area (Å²) in [6.45, 7) is 0. The van der Waals surface area contributed by atoms with Crippen LogP contribution in [0.25, 0.3) is 39.4 Å². The van der Waals surface area contributed by atoms with Gasteiger partial charge in [-0.2, -0.15) is 0 Å². The Morgan fingerprint density at radius 2 is 1.25 bits per heavy atom. The Morgan fingerprint density at radius 1 is 0.596 bits per heavy atom. The zero-order valence-corrected chi connectivity index (χ0v) is 29.8. The topological polar surface area (TPSA) is 20.5 Å². The summed E-state index contributed by atoms with van der Waals surface area (Å²) in [5.41, 5.74) is 14.4. The van der Waals surface area contributed by atoms with Gasteiger partial charge in [-0.1, -0.05) is 127 Å². The molecule has 0 bridgehead atoms. The molecule has 0 amide bonds. The molecule has 4 aromatic carbocycles. The van der Waals surface area contributed by atoms with Crippen LogP contribution in [-0.2, 0) is 11.2 Å². The van der Waals surface area contributed by atoms with Crippen LogP contribution in [0.5, 0.6) is 0 Å². The van der Waals surface area contributed by atoms with E-state index in [4.69, 9.17) is 9.15 Å². The third-order valence-electron chi connectivity index (χ3n) is 11.2. The molecule has 0 saturated heterocycles. The van der Waals surface area contributed by atoms with Crippen molar-refractivity contribution in [1.82, 2.24) is 0 Å². The van der Waals surface area contributed by atoms with Crippen LogP contribution in [-0.4, -0.2) is 6.10 Å². The van der Waals surface area contributed by atoms with E-state index in [0.717, 1.165) is 79.8 Å². The minimum atomic E-state index is 0.0469. The van der Waals surface area contributed by atoms with Gasteiger partial charge in [0.25, 0.3) is 0 Å². The van der Waals surface area contributed by atoms with Crippen LogP contribution in [0, 0.1) is 5.92 Å². The van der Waals surface area contributed by atoms with Crippen LogP contribution >= 0.6 is 0 Å². The van der Waals surface area contributed by atoms with E-state index in [0.29, 0.717) is 5.92 Å². The van der Waals surface area contributed by atoms with E-state index < -0.39 is 0 Å². The first kappa shape index (κ1) is 32.4. The molecule has 1 aromatic heterocycles. The van der Waals surface area contributed by atoms with Gasteiger partial charge < -0.3 is 4.74 Å². The summed E-state index contributed by atoms with van der Waals surface area (Å²) in [7, 11) is 0. The molecule has 2 heterocycles. The van der Waals surface area contributed by atoms with E-state index in [1.165, 1.54) is 56.5 Å². The second-order valence-electron chi connectivity index (χ2n) is 14.7. The highest BCUT2D eigenvalue weighted by Crippen LogP contribution is 2.45. The monoisotopic (exact) mass is 677 g/mol. The van der Waals surface area contributed by atoms with Crippen molar-refractivity contribution in [3.63, 3.8) is 0 Å². The summed E-state index contributed by atoms with van der Waals surface area (Å²) < 4.78 is 13.8. The molecule has 256 valence electrons. The molecular formula is C50H45O2+. The number of allylic oxidation sites excluding steroid dienone is 7. The van der Waals surface area contributed by atoms with E-state index in [-0.39, 0.29) is 6.10 Å². The minimum Gasteiger partial charge on any atom is -0.485 e. The third kappa shape index (κ3) is 6.66. The second-order valence-corrected chi connectivity index (χ2v) is 14.7. The maximum Gasteiger partial charge on any atom is 0.361 e. The van der Waals surface area contributed by atoms with Crippen molar-refractivity contribution in [2.24, 2.45) is 5.92 Å². The number of ether oxygens (including phenoxy) is 1. The average molecular weight is 678 g/mol. The minimum absolute atomic E-state index is 0.0469. The van der Waals surface area contributed by atoms with Crippen LogP contribution in [0.1, 0.15) is 73.8 Å². The van der Waals surface area contributed by atoms with Gasteiger partial charge in [0.05, 0.1) is 22.8 Å². The Balaban J connectivity index is 1.07. The van der Waals surface area contributed by atoms with Gasteiger partial charge in [0.15, 0.2) is 0 Å². The highest BCUT2D eigenvalue weighted by atomic mass is 16.5. The van der Waals surface area contributed by atoms with Gasteiger partial charge >= 0.3 is 11.5 Å². The van der Waals surface area contributed by atoms with Crippen molar-refractivity contribution < 1.29 is 9.15 Å². The number of rotatable bonds is 6. The maximum atomic E-state index is 6.98. The standard InChI is InChI=1S/C50H45O2/c1-5-18-37(19-6-1)45-33-47(39-22-9-3-10-23-39)51-49-41(26-14-28-43(45)49)31-35-16-13-17-36(30-35)32-42-27-15-29-44-46(38-20-7-2-8-21-38)34-48(52-50(42)44)40-24-11-4-12-25-40/h1-12,18-25,30-34,41,49H,13-17,26-29H2/q+1. The van der Waals surface area contributed by atoms with Crippen LogP contribution in [0.2, 0.25) is 0 Å². The lowest BCUT2D eigenvalue weighted by Crippen LogP contribution is -2.31. The molecule has 3 aliphatic carbocycles. The molecule has 5 aromatic rings. The van der Waals surface area contributed by atoms with Crippen molar-refractivity contribution in [1.29, 1.82) is 0 Å². The number of fused-ring (bicyclic) bond motifs is 2. The zero-order chi connectivity index (χ0) is 34.7. The van der Waals surface area contributed by atoms with Gasteiger partial charge in [-0.3, -0.25) is 0 Å². The smallest absolute Gasteiger partial charge is 0.361 e. The van der Waals surface area contributed by atoms with Crippen molar-refractivity contribution >= 4 is 16.9 Å². The van der Waals surface area contributed by atoms with Crippen molar-refractivity contribution in [3.8, 4) is 22.5 Å². The molecule has 1 saturated carbocycles. The van der Waals surface area contributed by atoms with Gasteiger partial charge in [-0.25, -0.2) is 4.42 Å². The van der Waals surface area contributed by atoms with E-state index >= 15 is 0 Å². The molecule has 0 spiro atoms. The van der Waals surface area contributed by atoms with Crippen molar-refractivity contribution in [2.45, 2.75) is 63.9 Å². The van der Waals surface area contributed by atoms with Gasteiger partial charge in [-0.05, 0) is 110 Å². The Labute approximate surface area is 308 Å². The Morgan fingerprint density at radius 3 is 1.98 bits per heavy atom. The predicted molar refractivity (Wildman–Crippen MR) is 215 cm³/mol. The molecular weight excluding hydrogens is 633 g/mol. The van der Waals surface area contributed by atoms with E-state index in [9.17, 15) is 0 Å². The summed E-state index contributed by atoms with van der Waals surface area (Å²) in [5.74, 6) is 3.31. The van der Waals surface area contributed by atoms with Crippen LogP contribution < -0.4 is 0 Å². The molecule has 0 N–H and O–H groups in total. The maximum absolute atomic E-state index is 6.98. The molecule has 52 heavy (non-hydrogen) atoms. The number of hydrogen-bond acceptors (Lipinski definition) is 1. The van der Waals surface area contributed by atoms with Gasteiger partial charge in [-0.15, -0.1) is 0 Å².